The number of esters is 2. The summed E-state index contributed by atoms with van der Waals surface area (Å²) in [6.07, 6.45) is 4.99. The molecule has 0 bridgehead atoms. The molecule has 0 heterocycles. The number of hydrogen-bond acceptors (Lipinski definition) is 5. The molecule has 0 radical (unpaired) electrons. The summed E-state index contributed by atoms with van der Waals surface area (Å²) in [5.74, 6) is 1.37. The topological polar surface area (TPSA) is 81.7 Å². The number of fused-ring (bicyclic) bond motifs is 5. The zero-order valence-corrected chi connectivity index (χ0v) is 18.9. The van der Waals surface area contributed by atoms with Gasteiger partial charge in [0.25, 0.3) is 0 Å². The highest BCUT2D eigenvalue weighted by Gasteiger charge is 2.59. The van der Waals surface area contributed by atoms with E-state index in [9.17, 15) is 14.4 Å². The number of amides is 1. The van der Waals surface area contributed by atoms with E-state index in [1.54, 1.807) is 0 Å². The summed E-state index contributed by atoms with van der Waals surface area (Å²) in [7, 11) is 0. The monoisotopic (exact) mass is 427 g/mol. The molecular formula is C25H33NO5. The highest BCUT2D eigenvalue weighted by molar-refractivity contribution is 5.76. The van der Waals surface area contributed by atoms with E-state index in [1.807, 2.05) is 19.1 Å². The van der Waals surface area contributed by atoms with E-state index < -0.39 is 0 Å². The number of carbonyl (C=O) groups excluding carboxylic acids is 3. The molecule has 1 aromatic rings. The lowest BCUT2D eigenvalue weighted by Crippen LogP contribution is -2.53. The van der Waals surface area contributed by atoms with E-state index in [-0.39, 0.29) is 35.4 Å². The van der Waals surface area contributed by atoms with Gasteiger partial charge in [-0.25, -0.2) is 0 Å². The predicted octanol–water partition coefficient (Wildman–Crippen LogP) is 3.90. The van der Waals surface area contributed by atoms with Crippen molar-refractivity contribution in [1.29, 1.82) is 0 Å². The van der Waals surface area contributed by atoms with Crippen LogP contribution in [-0.2, 0) is 25.5 Å². The first-order valence-corrected chi connectivity index (χ1v) is 11.5. The fraction of sp³-hybridized carbons (Fsp3) is 0.640. The summed E-state index contributed by atoms with van der Waals surface area (Å²) in [4.78, 5) is 35.4. The number of hydrogen-bond donors (Lipinski definition) is 1. The number of ether oxygens (including phenoxy) is 2. The summed E-state index contributed by atoms with van der Waals surface area (Å²) in [5.41, 5.74) is 2.55. The van der Waals surface area contributed by atoms with Gasteiger partial charge in [0.15, 0.2) is 0 Å². The Kier molecular flexibility index (Phi) is 5.84. The molecule has 2 fully saturated rings. The Bertz CT molecular complexity index is 896. The molecule has 1 N–H and O–H groups in total. The van der Waals surface area contributed by atoms with Crippen molar-refractivity contribution in [1.82, 2.24) is 5.32 Å². The fourth-order valence-corrected chi connectivity index (χ4v) is 6.64. The zero-order valence-electron chi connectivity index (χ0n) is 18.9. The van der Waals surface area contributed by atoms with Crippen LogP contribution < -0.4 is 10.1 Å². The summed E-state index contributed by atoms with van der Waals surface area (Å²) < 4.78 is 11.0. The van der Waals surface area contributed by atoms with Gasteiger partial charge >= 0.3 is 11.9 Å². The van der Waals surface area contributed by atoms with Gasteiger partial charge in [0.2, 0.25) is 5.91 Å². The molecule has 0 spiro atoms. The minimum Gasteiger partial charge on any atom is -0.460 e. The largest absolute Gasteiger partial charge is 0.460 e. The number of carbonyl (C=O) groups is 3. The van der Waals surface area contributed by atoms with Crippen LogP contribution in [0.2, 0.25) is 0 Å². The van der Waals surface area contributed by atoms with Gasteiger partial charge in [-0.05, 0) is 78.5 Å². The van der Waals surface area contributed by atoms with Crippen LogP contribution in [-0.4, -0.2) is 30.0 Å². The van der Waals surface area contributed by atoms with Crippen molar-refractivity contribution < 1.29 is 23.9 Å². The van der Waals surface area contributed by atoms with Gasteiger partial charge in [0.1, 0.15) is 11.9 Å². The molecule has 3 aliphatic carbocycles. The van der Waals surface area contributed by atoms with Crippen molar-refractivity contribution in [3.63, 3.8) is 0 Å². The number of aryl methyl sites for hydroxylation is 1. The first kappa shape index (κ1) is 21.8. The van der Waals surface area contributed by atoms with Gasteiger partial charge in [-0.2, -0.15) is 0 Å². The first-order chi connectivity index (χ1) is 14.7. The Labute approximate surface area is 184 Å². The van der Waals surface area contributed by atoms with Crippen LogP contribution in [0.4, 0.5) is 0 Å². The van der Waals surface area contributed by atoms with Crippen LogP contribution in [0.5, 0.6) is 5.75 Å². The van der Waals surface area contributed by atoms with Crippen molar-refractivity contribution in [2.75, 3.05) is 0 Å². The first-order valence-electron chi connectivity index (χ1n) is 11.5. The maximum Gasteiger partial charge on any atom is 0.308 e. The molecule has 1 amide bonds. The van der Waals surface area contributed by atoms with Crippen LogP contribution in [0.25, 0.3) is 0 Å². The second-order valence-corrected chi connectivity index (χ2v) is 9.70. The molecule has 6 nitrogen and oxygen atoms in total. The molecule has 1 aromatic carbocycles. The zero-order chi connectivity index (χ0) is 22.3. The minimum absolute atomic E-state index is 0.0122. The molecule has 6 heteroatoms. The molecule has 31 heavy (non-hydrogen) atoms. The van der Waals surface area contributed by atoms with Gasteiger partial charge in [-0.15, -0.1) is 0 Å². The fourth-order valence-electron chi connectivity index (χ4n) is 6.64. The van der Waals surface area contributed by atoms with Crippen LogP contribution in [0.15, 0.2) is 18.2 Å². The molecule has 3 aliphatic rings. The summed E-state index contributed by atoms with van der Waals surface area (Å²) >= 11 is 0. The second kappa shape index (κ2) is 8.29. The Balaban J connectivity index is 1.62. The summed E-state index contributed by atoms with van der Waals surface area (Å²) in [5, 5.41) is 3.20. The van der Waals surface area contributed by atoms with Crippen LogP contribution in [0.3, 0.4) is 0 Å². The molecule has 0 aliphatic heterocycles. The third kappa shape index (κ3) is 3.97. The molecular weight excluding hydrogens is 394 g/mol. The molecule has 6 atom stereocenters. The van der Waals surface area contributed by atoms with Gasteiger partial charge in [-0.3, -0.25) is 14.4 Å². The van der Waals surface area contributed by atoms with E-state index in [4.69, 9.17) is 9.47 Å². The summed E-state index contributed by atoms with van der Waals surface area (Å²) in [6.45, 7) is 7.00. The van der Waals surface area contributed by atoms with Crippen molar-refractivity contribution in [2.24, 2.45) is 17.3 Å². The average molecular weight is 428 g/mol. The maximum absolute atomic E-state index is 12.3. The normalized spacial score (nSPS) is 33.5. The van der Waals surface area contributed by atoms with E-state index in [0.29, 0.717) is 29.9 Å². The molecule has 0 unspecified atom stereocenters. The summed E-state index contributed by atoms with van der Waals surface area (Å²) in [6, 6.07) is 5.91. The van der Waals surface area contributed by atoms with Crippen LogP contribution >= 0.6 is 0 Å². The lowest BCUT2D eigenvalue weighted by Gasteiger charge is -2.50. The molecule has 2 saturated carbocycles. The quantitative estimate of drug-likeness (QED) is 0.582. The SMILES string of the molecule is CCC(=O)N[C@H]1[C@H](OC(C)=O)C[C@H]2[C@@H]3CCc4cc(OC(C)=O)ccc4[C@H]3CC[C@@]21C. The average Bonchev–Trinajstić information content (AvgIpc) is 2.98. The Hall–Kier alpha value is -2.37. The Morgan fingerprint density at radius 1 is 1.16 bits per heavy atom. The van der Waals surface area contributed by atoms with E-state index in [1.165, 1.54) is 25.0 Å². The van der Waals surface area contributed by atoms with E-state index >= 15 is 0 Å². The third-order valence-electron chi connectivity index (χ3n) is 7.92. The van der Waals surface area contributed by atoms with Gasteiger partial charge in [0, 0.05) is 20.3 Å². The lowest BCUT2D eigenvalue weighted by atomic mass is 9.55. The van der Waals surface area contributed by atoms with E-state index in [0.717, 1.165) is 32.1 Å². The Morgan fingerprint density at radius 2 is 1.94 bits per heavy atom. The van der Waals surface area contributed by atoms with Gasteiger partial charge in [0.05, 0.1) is 6.04 Å². The number of rotatable bonds is 4. The highest BCUT2D eigenvalue weighted by Crippen LogP contribution is 2.61. The highest BCUT2D eigenvalue weighted by atomic mass is 16.5. The molecule has 4 rings (SSSR count). The van der Waals surface area contributed by atoms with Crippen molar-refractivity contribution >= 4 is 17.8 Å². The molecule has 168 valence electrons. The van der Waals surface area contributed by atoms with Crippen LogP contribution in [0, 0.1) is 17.3 Å². The van der Waals surface area contributed by atoms with Crippen LogP contribution in [0.1, 0.15) is 76.8 Å². The second-order valence-electron chi connectivity index (χ2n) is 9.70. The van der Waals surface area contributed by atoms with Gasteiger partial charge < -0.3 is 14.8 Å². The van der Waals surface area contributed by atoms with Crippen molar-refractivity contribution in [2.45, 2.75) is 84.3 Å². The maximum atomic E-state index is 12.3. The third-order valence-corrected chi connectivity index (χ3v) is 7.92. The van der Waals surface area contributed by atoms with Crippen molar-refractivity contribution in [3.05, 3.63) is 29.3 Å². The number of nitrogens with one attached hydrogen (secondary N) is 1. The Morgan fingerprint density at radius 3 is 2.61 bits per heavy atom. The predicted molar refractivity (Wildman–Crippen MR) is 116 cm³/mol. The minimum atomic E-state index is -0.301. The lowest BCUT2D eigenvalue weighted by molar-refractivity contribution is -0.148. The smallest absolute Gasteiger partial charge is 0.308 e. The molecule has 0 aromatic heterocycles. The number of benzene rings is 1. The van der Waals surface area contributed by atoms with E-state index in [2.05, 4.69) is 18.3 Å². The van der Waals surface area contributed by atoms with Gasteiger partial charge in [-0.1, -0.05) is 19.9 Å². The molecule has 0 saturated heterocycles. The van der Waals surface area contributed by atoms with Crippen molar-refractivity contribution in [3.8, 4) is 5.75 Å². The standard InChI is InChI=1S/C25H33NO5/c1-5-23(29)26-24-22(31-15(3)28)13-21-20-8-6-16-12-17(30-14(2)27)7-9-18(16)19(20)10-11-25(21,24)4/h7,9,12,19-22,24H,5-6,8,10-11,13H2,1-4H3,(H,26,29)/t19-,20-,21+,22-,24+,25+/m1/s1.